The number of halogens is 1. The summed E-state index contributed by atoms with van der Waals surface area (Å²) < 4.78 is 0. The highest BCUT2D eigenvalue weighted by atomic mass is 35.5. The van der Waals surface area contributed by atoms with E-state index in [1.165, 1.54) is 9.80 Å². The Morgan fingerprint density at radius 2 is 1.76 bits per heavy atom. The Morgan fingerprint density at radius 1 is 1.10 bits per heavy atom. The number of amides is 3. The fourth-order valence-corrected chi connectivity index (χ4v) is 3.41. The van der Waals surface area contributed by atoms with Crippen molar-refractivity contribution in [2.45, 2.75) is 26.8 Å². The molecule has 1 saturated heterocycles. The normalized spacial score (nSPS) is 13.9. The summed E-state index contributed by atoms with van der Waals surface area (Å²) >= 11 is 6.15. The summed E-state index contributed by atoms with van der Waals surface area (Å²) in [6.07, 6.45) is 0. The minimum absolute atomic E-state index is 0.00106. The molecule has 6 nitrogen and oxygen atoms in total. The molecule has 1 heterocycles. The lowest BCUT2D eigenvalue weighted by Gasteiger charge is -2.28. The van der Waals surface area contributed by atoms with Gasteiger partial charge in [0.15, 0.2) is 0 Å². The quantitative estimate of drug-likeness (QED) is 0.755. The molecule has 0 bridgehead atoms. The fourth-order valence-electron chi connectivity index (χ4n) is 3.19. The third-order valence-corrected chi connectivity index (χ3v) is 5.26. The van der Waals surface area contributed by atoms with Crippen molar-refractivity contribution in [3.63, 3.8) is 0 Å². The minimum atomic E-state index is -0.306. The Balaban J connectivity index is 1.72. The van der Waals surface area contributed by atoms with Crippen LogP contribution in [0.15, 0.2) is 48.5 Å². The number of carbonyl (C=O) groups excluding carboxylic acids is 3. The van der Waals surface area contributed by atoms with Gasteiger partial charge in [-0.15, -0.1) is 0 Å². The van der Waals surface area contributed by atoms with E-state index in [1.807, 2.05) is 45.0 Å². The Labute approximate surface area is 175 Å². The number of aryl methyl sites for hydroxylation is 1. The lowest BCUT2D eigenvalue weighted by Crippen LogP contribution is -2.45. The molecule has 29 heavy (non-hydrogen) atoms. The zero-order valence-electron chi connectivity index (χ0n) is 16.8. The summed E-state index contributed by atoms with van der Waals surface area (Å²) in [7, 11) is 0. The SMILES string of the molecule is Cc1ccc(N2CN(C(=O)CN(C(=O)c3ccccc3Cl)C(C)C)CC2=O)cc1. The van der Waals surface area contributed by atoms with Crippen LogP contribution in [0.4, 0.5) is 5.69 Å². The molecule has 3 rings (SSSR count). The molecule has 3 amide bonds. The average molecular weight is 414 g/mol. The van der Waals surface area contributed by atoms with E-state index in [9.17, 15) is 14.4 Å². The van der Waals surface area contributed by atoms with Crippen LogP contribution in [-0.4, -0.2) is 53.3 Å². The maximum absolute atomic E-state index is 12.9. The van der Waals surface area contributed by atoms with E-state index in [0.29, 0.717) is 10.6 Å². The summed E-state index contributed by atoms with van der Waals surface area (Å²) in [5.41, 5.74) is 2.21. The molecule has 0 atom stereocenters. The summed E-state index contributed by atoms with van der Waals surface area (Å²) in [6.45, 7) is 5.72. The minimum Gasteiger partial charge on any atom is -0.327 e. The summed E-state index contributed by atoms with van der Waals surface area (Å²) in [4.78, 5) is 42.8. The largest absolute Gasteiger partial charge is 0.327 e. The van der Waals surface area contributed by atoms with E-state index in [4.69, 9.17) is 11.6 Å². The van der Waals surface area contributed by atoms with Gasteiger partial charge in [0.05, 0.1) is 10.6 Å². The number of rotatable bonds is 5. The predicted octanol–water partition coefficient (Wildman–Crippen LogP) is 3.33. The van der Waals surface area contributed by atoms with Gasteiger partial charge >= 0.3 is 0 Å². The number of anilines is 1. The molecule has 1 aliphatic heterocycles. The fraction of sp³-hybridized carbons (Fsp3) is 0.318. The molecule has 0 radical (unpaired) electrons. The molecule has 2 aromatic rings. The average Bonchev–Trinajstić information content (AvgIpc) is 3.08. The first-order chi connectivity index (χ1) is 13.8. The number of carbonyl (C=O) groups is 3. The van der Waals surface area contributed by atoms with Gasteiger partial charge in [0.25, 0.3) is 5.91 Å². The third kappa shape index (κ3) is 4.59. The highest BCUT2D eigenvalue weighted by molar-refractivity contribution is 6.33. The molecule has 0 unspecified atom stereocenters. The lowest BCUT2D eigenvalue weighted by molar-refractivity contribution is -0.132. The van der Waals surface area contributed by atoms with Gasteiger partial charge in [0.2, 0.25) is 11.8 Å². The number of hydrogen-bond donors (Lipinski definition) is 0. The van der Waals surface area contributed by atoms with E-state index in [-0.39, 0.29) is 43.5 Å². The molecule has 2 aromatic carbocycles. The van der Waals surface area contributed by atoms with Gasteiger partial charge < -0.3 is 9.80 Å². The van der Waals surface area contributed by atoms with Crippen molar-refractivity contribution >= 4 is 35.0 Å². The zero-order chi connectivity index (χ0) is 21.1. The molecular weight excluding hydrogens is 390 g/mol. The van der Waals surface area contributed by atoms with Crippen LogP contribution in [0.1, 0.15) is 29.8 Å². The van der Waals surface area contributed by atoms with Gasteiger partial charge in [-0.05, 0) is 45.0 Å². The molecule has 152 valence electrons. The van der Waals surface area contributed by atoms with Gasteiger partial charge in [0.1, 0.15) is 19.8 Å². The Kier molecular flexibility index (Phi) is 6.23. The van der Waals surface area contributed by atoms with Crippen molar-refractivity contribution in [3.8, 4) is 0 Å². The van der Waals surface area contributed by atoms with E-state index < -0.39 is 0 Å². The van der Waals surface area contributed by atoms with Gasteiger partial charge in [-0.2, -0.15) is 0 Å². The Morgan fingerprint density at radius 3 is 2.38 bits per heavy atom. The highest BCUT2D eigenvalue weighted by Crippen LogP contribution is 2.21. The van der Waals surface area contributed by atoms with E-state index in [2.05, 4.69) is 0 Å². The Bertz CT molecular complexity index is 927. The lowest BCUT2D eigenvalue weighted by atomic mass is 10.1. The van der Waals surface area contributed by atoms with Crippen molar-refractivity contribution < 1.29 is 14.4 Å². The van der Waals surface area contributed by atoms with Crippen molar-refractivity contribution in [1.82, 2.24) is 9.80 Å². The van der Waals surface area contributed by atoms with E-state index >= 15 is 0 Å². The molecule has 0 N–H and O–H groups in total. The van der Waals surface area contributed by atoms with Crippen molar-refractivity contribution in [2.24, 2.45) is 0 Å². The molecule has 1 aliphatic rings. The maximum Gasteiger partial charge on any atom is 0.256 e. The molecule has 0 aromatic heterocycles. The van der Waals surface area contributed by atoms with Crippen molar-refractivity contribution in [2.75, 3.05) is 24.7 Å². The second-order valence-corrected chi connectivity index (χ2v) is 7.80. The van der Waals surface area contributed by atoms with E-state index in [1.54, 1.807) is 29.2 Å². The van der Waals surface area contributed by atoms with Crippen molar-refractivity contribution in [3.05, 3.63) is 64.7 Å². The summed E-state index contributed by atoms with van der Waals surface area (Å²) in [6, 6.07) is 14.2. The molecule has 1 fully saturated rings. The Hall–Kier alpha value is -2.86. The maximum atomic E-state index is 12.9. The first-order valence-electron chi connectivity index (χ1n) is 9.48. The van der Waals surface area contributed by atoms with Crippen LogP contribution in [-0.2, 0) is 9.59 Å². The molecule has 0 spiro atoms. The van der Waals surface area contributed by atoms with Crippen LogP contribution < -0.4 is 4.90 Å². The molecule has 0 saturated carbocycles. The second kappa shape index (κ2) is 8.66. The number of benzene rings is 2. The van der Waals surface area contributed by atoms with Gasteiger partial charge in [0, 0.05) is 11.7 Å². The topological polar surface area (TPSA) is 60.9 Å². The molecular formula is C22H24ClN3O3. The predicted molar refractivity (Wildman–Crippen MR) is 113 cm³/mol. The first-order valence-corrected chi connectivity index (χ1v) is 9.86. The smallest absolute Gasteiger partial charge is 0.256 e. The van der Waals surface area contributed by atoms with Crippen LogP contribution >= 0.6 is 11.6 Å². The summed E-state index contributed by atoms with van der Waals surface area (Å²) in [5.74, 6) is -0.724. The highest BCUT2D eigenvalue weighted by Gasteiger charge is 2.33. The van der Waals surface area contributed by atoms with Crippen LogP contribution in [0.25, 0.3) is 0 Å². The van der Waals surface area contributed by atoms with Gasteiger partial charge in [-0.25, -0.2) is 0 Å². The first kappa shape index (κ1) is 20.9. The van der Waals surface area contributed by atoms with Crippen LogP contribution in [0.2, 0.25) is 5.02 Å². The zero-order valence-corrected chi connectivity index (χ0v) is 17.5. The number of nitrogens with zero attached hydrogens (tertiary/aromatic N) is 3. The van der Waals surface area contributed by atoms with Gasteiger partial charge in [-0.1, -0.05) is 41.4 Å². The van der Waals surface area contributed by atoms with E-state index in [0.717, 1.165) is 11.3 Å². The standard InChI is InChI=1S/C22H24ClN3O3/c1-15(2)25(22(29)18-6-4-5-7-19(18)23)13-20(27)24-12-21(28)26(14-24)17-10-8-16(3)9-11-17/h4-11,15H,12-14H2,1-3H3. The number of hydrogen-bond acceptors (Lipinski definition) is 3. The van der Waals surface area contributed by atoms with Crippen molar-refractivity contribution in [1.29, 1.82) is 0 Å². The second-order valence-electron chi connectivity index (χ2n) is 7.40. The summed E-state index contributed by atoms with van der Waals surface area (Å²) in [5, 5.41) is 0.345. The van der Waals surface area contributed by atoms with Crippen LogP contribution in [0.5, 0.6) is 0 Å². The monoisotopic (exact) mass is 413 g/mol. The van der Waals surface area contributed by atoms with Crippen LogP contribution in [0.3, 0.4) is 0 Å². The third-order valence-electron chi connectivity index (χ3n) is 4.93. The molecule has 0 aliphatic carbocycles. The van der Waals surface area contributed by atoms with Crippen LogP contribution in [0, 0.1) is 6.92 Å². The molecule has 7 heteroatoms. The van der Waals surface area contributed by atoms with Gasteiger partial charge in [-0.3, -0.25) is 19.3 Å².